The van der Waals surface area contributed by atoms with E-state index in [1.54, 1.807) is 35.7 Å². The molecule has 2 aromatic carbocycles. The Morgan fingerprint density at radius 2 is 1.15 bits per heavy atom. The van der Waals surface area contributed by atoms with Crippen LogP contribution in [0, 0.1) is 13.8 Å². The highest BCUT2D eigenvalue weighted by Crippen LogP contribution is 2.33. The van der Waals surface area contributed by atoms with E-state index >= 15 is 0 Å². The molecule has 2 rings (SSSR count). The van der Waals surface area contributed by atoms with Gasteiger partial charge in [0.1, 0.15) is 11.5 Å². The van der Waals surface area contributed by atoms with Crippen molar-refractivity contribution < 1.29 is 10.2 Å². The molecule has 0 atom stereocenters. The summed E-state index contributed by atoms with van der Waals surface area (Å²) >= 11 is 3.28. The molecule has 2 N–H and O–H groups in total. The Labute approximate surface area is 128 Å². The monoisotopic (exact) mass is 306 g/mol. The van der Waals surface area contributed by atoms with E-state index in [0.29, 0.717) is 11.5 Å². The maximum absolute atomic E-state index is 9.76. The number of hydrogen-bond donors (Lipinski definition) is 2. The van der Waals surface area contributed by atoms with Crippen molar-refractivity contribution in [3.05, 3.63) is 47.5 Å². The van der Waals surface area contributed by atoms with E-state index in [1.165, 1.54) is 0 Å². The quantitative estimate of drug-likeness (QED) is 0.625. The van der Waals surface area contributed by atoms with E-state index in [1.807, 2.05) is 38.1 Å². The number of benzene rings is 2. The van der Waals surface area contributed by atoms with Gasteiger partial charge < -0.3 is 10.2 Å². The average Bonchev–Trinajstić information content (AvgIpc) is 2.42. The zero-order chi connectivity index (χ0) is 14.5. The molecule has 0 spiro atoms. The summed E-state index contributed by atoms with van der Waals surface area (Å²) in [6.07, 6.45) is 0. The minimum Gasteiger partial charge on any atom is -0.507 e. The topological polar surface area (TPSA) is 40.5 Å². The molecule has 0 aromatic heterocycles. The van der Waals surface area contributed by atoms with E-state index < -0.39 is 0 Å². The molecule has 0 aliphatic carbocycles. The molecule has 0 unspecified atom stereocenters. The van der Waals surface area contributed by atoms with Gasteiger partial charge in [-0.05, 0) is 49.2 Å². The normalized spacial score (nSPS) is 10.7. The second kappa shape index (κ2) is 6.95. The van der Waals surface area contributed by atoms with Gasteiger partial charge in [-0.15, -0.1) is 23.5 Å². The van der Waals surface area contributed by atoms with E-state index in [4.69, 9.17) is 0 Å². The largest absolute Gasteiger partial charge is 0.507 e. The average molecular weight is 306 g/mol. The van der Waals surface area contributed by atoms with Crippen LogP contribution in [0.2, 0.25) is 0 Å². The first-order valence-electron chi connectivity index (χ1n) is 6.41. The van der Waals surface area contributed by atoms with Crippen LogP contribution in [0.3, 0.4) is 0 Å². The van der Waals surface area contributed by atoms with Gasteiger partial charge in [0.05, 0.1) is 0 Å². The van der Waals surface area contributed by atoms with Crippen molar-refractivity contribution in [1.82, 2.24) is 0 Å². The Morgan fingerprint density at radius 3 is 1.55 bits per heavy atom. The zero-order valence-corrected chi connectivity index (χ0v) is 13.2. The van der Waals surface area contributed by atoms with E-state index in [-0.39, 0.29) is 0 Å². The van der Waals surface area contributed by atoms with Crippen LogP contribution in [0.5, 0.6) is 11.5 Å². The maximum Gasteiger partial charge on any atom is 0.129 e. The number of rotatable bonds is 5. The minimum atomic E-state index is 0.337. The predicted molar refractivity (Wildman–Crippen MR) is 87.1 cm³/mol. The van der Waals surface area contributed by atoms with Crippen molar-refractivity contribution in [1.29, 1.82) is 0 Å². The number of phenols is 2. The predicted octanol–water partition coefficient (Wildman–Crippen LogP) is 4.60. The summed E-state index contributed by atoms with van der Waals surface area (Å²) in [5.41, 5.74) is 2.29. The van der Waals surface area contributed by atoms with E-state index in [2.05, 4.69) is 0 Å². The molecule has 20 heavy (non-hydrogen) atoms. The lowest BCUT2D eigenvalue weighted by atomic mass is 10.2. The zero-order valence-electron chi connectivity index (χ0n) is 11.6. The van der Waals surface area contributed by atoms with Gasteiger partial charge in [0.15, 0.2) is 0 Å². The van der Waals surface area contributed by atoms with Gasteiger partial charge in [-0.1, -0.05) is 12.1 Å². The highest BCUT2D eigenvalue weighted by Gasteiger charge is 2.04. The maximum atomic E-state index is 9.76. The van der Waals surface area contributed by atoms with Crippen LogP contribution < -0.4 is 0 Å². The van der Waals surface area contributed by atoms with Gasteiger partial charge in [0, 0.05) is 21.3 Å². The Balaban J connectivity index is 1.87. The molecular weight excluding hydrogens is 288 g/mol. The summed E-state index contributed by atoms with van der Waals surface area (Å²) in [6.45, 7) is 4.03. The number of aromatic hydroxyl groups is 2. The summed E-state index contributed by atoms with van der Waals surface area (Å²) in [7, 11) is 0. The van der Waals surface area contributed by atoms with Crippen molar-refractivity contribution in [2.24, 2.45) is 0 Å². The van der Waals surface area contributed by atoms with Gasteiger partial charge >= 0.3 is 0 Å². The lowest BCUT2D eigenvalue weighted by molar-refractivity contribution is 0.461. The summed E-state index contributed by atoms with van der Waals surface area (Å²) in [5.74, 6) is 2.44. The Kier molecular flexibility index (Phi) is 5.26. The van der Waals surface area contributed by atoms with Crippen LogP contribution in [0.4, 0.5) is 0 Å². The highest BCUT2D eigenvalue weighted by molar-refractivity contribution is 8.03. The molecule has 0 heterocycles. The lowest BCUT2D eigenvalue weighted by Crippen LogP contribution is -1.86. The molecule has 2 nitrogen and oxygen atoms in total. The third-order valence-electron chi connectivity index (χ3n) is 2.83. The lowest BCUT2D eigenvalue weighted by Gasteiger charge is -2.07. The fourth-order valence-electron chi connectivity index (χ4n) is 1.78. The third kappa shape index (κ3) is 4.12. The summed E-state index contributed by atoms with van der Waals surface area (Å²) in [6, 6.07) is 11.3. The molecule has 2 aromatic rings. The second-order valence-electron chi connectivity index (χ2n) is 4.64. The molecule has 0 saturated heterocycles. The van der Waals surface area contributed by atoms with Crippen molar-refractivity contribution in [3.8, 4) is 11.5 Å². The van der Waals surface area contributed by atoms with Crippen LogP contribution in [0.25, 0.3) is 0 Å². The first-order chi connectivity index (χ1) is 9.56. The standard InChI is InChI=1S/C16H18O2S2/c1-11-3-5-13(17)15(9-11)19-7-8-20-16-10-12(2)4-6-14(16)18/h3-6,9-10,17-18H,7-8H2,1-2H3. The fourth-order valence-corrected chi connectivity index (χ4v) is 3.85. The Bertz CT molecular complexity index is 544. The van der Waals surface area contributed by atoms with Gasteiger partial charge in [-0.2, -0.15) is 0 Å². The van der Waals surface area contributed by atoms with E-state index in [0.717, 1.165) is 32.4 Å². The molecule has 4 heteroatoms. The third-order valence-corrected chi connectivity index (χ3v) is 5.18. The summed E-state index contributed by atoms with van der Waals surface area (Å²) in [5, 5.41) is 19.5. The molecule has 0 aliphatic heterocycles. The van der Waals surface area contributed by atoms with Gasteiger partial charge in [0.25, 0.3) is 0 Å². The van der Waals surface area contributed by atoms with Crippen molar-refractivity contribution in [3.63, 3.8) is 0 Å². The van der Waals surface area contributed by atoms with Crippen LogP contribution >= 0.6 is 23.5 Å². The summed E-state index contributed by atoms with van der Waals surface area (Å²) in [4.78, 5) is 1.83. The molecule has 0 bridgehead atoms. The van der Waals surface area contributed by atoms with Crippen LogP contribution in [0.15, 0.2) is 46.2 Å². The fraction of sp³-hybridized carbons (Fsp3) is 0.250. The Hall–Kier alpha value is -1.26. The first kappa shape index (κ1) is 15.1. The van der Waals surface area contributed by atoms with Crippen LogP contribution in [0.1, 0.15) is 11.1 Å². The van der Waals surface area contributed by atoms with Crippen molar-refractivity contribution in [2.75, 3.05) is 11.5 Å². The van der Waals surface area contributed by atoms with E-state index in [9.17, 15) is 10.2 Å². The molecule has 106 valence electrons. The van der Waals surface area contributed by atoms with Gasteiger partial charge in [-0.25, -0.2) is 0 Å². The Morgan fingerprint density at radius 1 is 0.750 bits per heavy atom. The van der Waals surface area contributed by atoms with Crippen molar-refractivity contribution >= 4 is 23.5 Å². The number of phenolic OH excluding ortho intramolecular Hbond substituents is 2. The van der Waals surface area contributed by atoms with Crippen LogP contribution in [-0.2, 0) is 0 Å². The minimum absolute atomic E-state index is 0.337. The molecule has 0 fully saturated rings. The molecule has 0 radical (unpaired) electrons. The molecule has 0 saturated carbocycles. The summed E-state index contributed by atoms with van der Waals surface area (Å²) < 4.78 is 0. The smallest absolute Gasteiger partial charge is 0.129 e. The SMILES string of the molecule is Cc1ccc(O)c(SCCSc2cc(C)ccc2O)c1. The number of thioether (sulfide) groups is 2. The first-order valence-corrected chi connectivity index (χ1v) is 8.38. The van der Waals surface area contributed by atoms with Crippen molar-refractivity contribution in [2.45, 2.75) is 23.6 Å². The second-order valence-corrected chi connectivity index (χ2v) is 6.91. The molecular formula is C16H18O2S2. The number of hydrogen-bond acceptors (Lipinski definition) is 4. The van der Waals surface area contributed by atoms with Gasteiger partial charge in [0.2, 0.25) is 0 Å². The van der Waals surface area contributed by atoms with Crippen LogP contribution in [-0.4, -0.2) is 21.7 Å². The number of aryl methyl sites for hydroxylation is 2. The highest BCUT2D eigenvalue weighted by atomic mass is 32.2. The molecule has 0 amide bonds. The van der Waals surface area contributed by atoms with Gasteiger partial charge in [-0.3, -0.25) is 0 Å². The molecule has 0 aliphatic rings.